The second-order valence-corrected chi connectivity index (χ2v) is 17.9. The Balaban J connectivity index is 0.000000231. The number of rotatable bonds is 3. The van der Waals surface area contributed by atoms with Crippen molar-refractivity contribution in [2.45, 2.75) is 92.4 Å². The molecule has 0 aromatic heterocycles. The summed E-state index contributed by atoms with van der Waals surface area (Å²) in [5.74, 6) is 0. The van der Waals surface area contributed by atoms with Crippen molar-refractivity contribution in [3.63, 3.8) is 0 Å². The van der Waals surface area contributed by atoms with Crippen molar-refractivity contribution < 1.29 is 23.9 Å². The van der Waals surface area contributed by atoms with E-state index in [0.29, 0.717) is 31.1 Å². The molecule has 9 nitrogen and oxygen atoms in total. The molecule has 2 aromatic rings. The largest absolute Gasteiger partial charge is 0.444 e. The average Bonchev–Trinajstić information content (AvgIpc) is 3.85. The number of aldehydes is 1. The van der Waals surface area contributed by atoms with E-state index in [-0.39, 0.29) is 30.6 Å². The average molecular weight is 803 g/mol. The van der Waals surface area contributed by atoms with Crippen LogP contribution in [0, 0.1) is 10.8 Å². The van der Waals surface area contributed by atoms with Gasteiger partial charge in [0.05, 0.1) is 20.1 Å². The van der Waals surface area contributed by atoms with Gasteiger partial charge in [0.2, 0.25) is 0 Å². The molecule has 290 valence electrons. The van der Waals surface area contributed by atoms with Gasteiger partial charge in [0.25, 0.3) is 0 Å². The highest BCUT2D eigenvalue weighted by Crippen LogP contribution is 2.41. The summed E-state index contributed by atoms with van der Waals surface area (Å²) in [5.41, 5.74) is 1.41. The molecule has 52 heavy (non-hydrogen) atoms. The lowest BCUT2D eigenvalue weighted by atomic mass is 9.86. The lowest BCUT2D eigenvalue weighted by molar-refractivity contribution is 0.0265. The van der Waals surface area contributed by atoms with Gasteiger partial charge in [-0.3, -0.25) is 9.69 Å². The Morgan fingerprint density at radius 2 is 1.25 bits per heavy atom. The van der Waals surface area contributed by atoms with E-state index in [4.69, 9.17) is 55.9 Å². The predicted molar refractivity (Wildman–Crippen MR) is 212 cm³/mol. The summed E-state index contributed by atoms with van der Waals surface area (Å²) in [6, 6.07) is 10.5. The van der Waals surface area contributed by atoms with Gasteiger partial charge in [-0.15, -0.1) is 0 Å². The van der Waals surface area contributed by atoms with Crippen molar-refractivity contribution in [2.24, 2.45) is 10.8 Å². The topological polar surface area (TPSA) is 91.4 Å². The first-order valence-corrected chi connectivity index (χ1v) is 19.0. The fourth-order valence-corrected chi connectivity index (χ4v) is 7.58. The Hall–Kier alpha value is -2.27. The summed E-state index contributed by atoms with van der Waals surface area (Å²) >= 11 is 23.3. The van der Waals surface area contributed by atoms with Crippen LogP contribution in [0.25, 0.3) is 0 Å². The Morgan fingerprint density at radius 1 is 0.731 bits per heavy atom. The highest BCUT2D eigenvalue weighted by Gasteiger charge is 2.46. The highest BCUT2D eigenvalue weighted by atomic mass is 35.5. The molecule has 4 saturated heterocycles. The van der Waals surface area contributed by atoms with Gasteiger partial charge in [0, 0.05) is 62.2 Å². The molecule has 0 aliphatic carbocycles. The van der Waals surface area contributed by atoms with Crippen LogP contribution < -0.4 is 5.32 Å². The quantitative estimate of drug-likeness (QED) is 0.309. The molecule has 2 spiro atoms. The molecule has 4 aliphatic heterocycles. The van der Waals surface area contributed by atoms with Gasteiger partial charge in [-0.25, -0.2) is 9.59 Å². The first kappa shape index (κ1) is 44.1. The van der Waals surface area contributed by atoms with Crippen LogP contribution in [0.4, 0.5) is 9.59 Å². The van der Waals surface area contributed by atoms with Crippen LogP contribution in [0.2, 0.25) is 20.1 Å². The predicted octanol–water partition coefficient (Wildman–Crippen LogP) is 9.88. The zero-order valence-electron chi connectivity index (χ0n) is 30.6. The molecule has 2 aromatic carbocycles. The van der Waals surface area contributed by atoms with E-state index in [1.165, 1.54) is 18.1 Å². The van der Waals surface area contributed by atoms with Crippen molar-refractivity contribution >= 4 is 64.9 Å². The zero-order chi connectivity index (χ0) is 37.6. The molecule has 4 aliphatic rings. The standard InChI is InChI=1S/C19H26Cl2N2O2.C12H22N2O2.C7H4Cl2O.CH4/c1-18(2,3)25-17(24)23-9-7-19(13-23)6-8-22(12-19)11-14-4-5-15(20)16(21)10-14;1-11(2,3)16-10(15)14-7-5-12(9-14)4-6-13-8-12;8-6-2-1-5(4-10)3-7(6)9;/h4-5,10H,6-9,11-13H2,1-3H3;13H,4-9H2,1-3H3;1-4H;1H4. The Kier molecular flexibility index (Phi) is 15.6. The zero-order valence-corrected chi connectivity index (χ0v) is 33.7. The number of carbonyl (C=O) groups is 3. The number of hydrogen-bond acceptors (Lipinski definition) is 7. The van der Waals surface area contributed by atoms with E-state index in [9.17, 15) is 14.4 Å². The molecule has 0 bridgehead atoms. The van der Waals surface area contributed by atoms with Crippen LogP contribution in [0.1, 0.15) is 90.6 Å². The Bertz CT molecular complexity index is 1540. The monoisotopic (exact) mass is 800 g/mol. The molecule has 4 fully saturated rings. The number of amides is 2. The molecule has 0 radical (unpaired) electrons. The summed E-state index contributed by atoms with van der Waals surface area (Å²) in [7, 11) is 0. The van der Waals surface area contributed by atoms with Gasteiger partial charge < -0.3 is 24.6 Å². The maximum atomic E-state index is 12.3. The van der Waals surface area contributed by atoms with E-state index in [2.05, 4.69) is 10.2 Å². The molecule has 2 atom stereocenters. The summed E-state index contributed by atoms with van der Waals surface area (Å²) in [6.45, 7) is 19.8. The number of halogens is 4. The maximum Gasteiger partial charge on any atom is 0.410 e. The molecule has 0 saturated carbocycles. The van der Waals surface area contributed by atoms with Crippen LogP contribution in [-0.2, 0) is 16.0 Å². The Labute approximate surface area is 330 Å². The van der Waals surface area contributed by atoms with Gasteiger partial charge in [0.1, 0.15) is 17.5 Å². The number of ether oxygens (including phenoxy) is 2. The number of likely N-dealkylation sites (tertiary alicyclic amines) is 3. The van der Waals surface area contributed by atoms with Crippen LogP contribution in [0.15, 0.2) is 36.4 Å². The third-order valence-corrected chi connectivity index (χ3v) is 11.0. The Morgan fingerprint density at radius 3 is 1.75 bits per heavy atom. The normalized spacial score (nSPS) is 22.7. The van der Waals surface area contributed by atoms with Gasteiger partial charge in [-0.2, -0.15) is 0 Å². The van der Waals surface area contributed by atoms with Gasteiger partial charge in [-0.1, -0.05) is 66.0 Å². The third kappa shape index (κ3) is 12.9. The molecule has 2 amide bonds. The number of benzene rings is 2. The van der Waals surface area contributed by atoms with Gasteiger partial charge >= 0.3 is 12.2 Å². The fraction of sp³-hybridized carbons (Fsp3) is 0.615. The van der Waals surface area contributed by atoms with Crippen LogP contribution >= 0.6 is 46.4 Å². The van der Waals surface area contributed by atoms with E-state index in [1.807, 2.05) is 69.5 Å². The smallest absolute Gasteiger partial charge is 0.410 e. The molecule has 13 heteroatoms. The lowest BCUT2D eigenvalue weighted by Gasteiger charge is -2.27. The molecule has 4 heterocycles. The van der Waals surface area contributed by atoms with Crippen molar-refractivity contribution in [2.75, 3.05) is 52.4 Å². The molecule has 1 N–H and O–H groups in total. The van der Waals surface area contributed by atoms with Crippen LogP contribution in [0.3, 0.4) is 0 Å². The van der Waals surface area contributed by atoms with Crippen LogP contribution in [-0.4, -0.2) is 96.7 Å². The second kappa shape index (κ2) is 18.4. The minimum Gasteiger partial charge on any atom is -0.444 e. The fourth-order valence-electron chi connectivity index (χ4n) is 6.96. The summed E-state index contributed by atoms with van der Waals surface area (Å²) < 4.78 is 10.9. The highest BCUT2D eigenvalue weighted by molar-refractivity contribution is 6.42. The number of hydrogen-bond donors (Lipinski definition) is 1. The van der Waals surface area contributed by atoms with Crippen molar-refractivity contribution in [1.29, 1.82) is 0 Å². The third-order valence-electron chi connectivity index (χ3n) is 9.50. The van der Waals surface area contributed by atoms with Crippen molar-refractivity contribution in [1.82, 2.24) is 20.0 Å². The minimum atomic E-state index is -0.442. The first-order chi connectivity index (χ1) is 23.8. The number of nitrogens with one attached hydrogen (secondary N) is 1. The van der Waals surface area contributed by atoms with E-state index >= 15 is 0 Å². The summed E-state index contributed by atoms with van der Waals surface area (Å²) in [6.07, 6.45) is 4.84. The maximum absolute atomic E-state index is 12.3. The molecular formula is C39H56Cl4N4O5. The first-order valence-electron chi connectivity index (χ1n) is 17.5. The lowest BCUT2D eigenvalue weighted by Crippen LogP contribution is -2.37. The molecular weight excluding hydrogens is 746 g/mol. The minimum absolute atomic E-state index is 0. The van der Waals surface area contributed by atoms with E-state index in [0.717, 1.165) is 84.5 Å². The SMILES string of the molecule is C.CC(C)(C)OC(=O)N1CCC2(CCN(Cc3ccc(Cl)c(Cl)c3)C2)C1.CC(C)(C)OC(=O)N1CCC2(CCNC2)C1.O=Cc1ccc(Cl)c(Cl)c1. The summed E-state index contributed by atoms with van der Waals surface area (Å²) in [4.78, 5) is 40.5. The molecule has 2 unspecified atom stereocenters. The van der Waals surface area contributed by atoms with Crippen molar-refractivity contribution in [3.05, 3.63) is 67.6 Å². The summed E-state index contributed by atoms with van der Waals surface area (Å²) in [5, 5.41) is 5.45. The molecule has 6 rings (SSSR count). The second-order valence-electron chi connectivity index (χ2n) is 16.2. The van der Waals surface area contributed by atoms with Gasteiger partial charge in [-0.05, 0) is 110 Å². The van der Waals surface area contributed by atoms with E-state index < -0.39 is 5.60 Å². The van der Waals surface area contributed by atoms with Crippen LogP contribution in [0.5, 0.6) is 0 Å². The van der Waals surface area contributed by atoms with Gasteiger partial charge in [0.15, 0.2) is 0 Å². The number of carbonyl (C=O) groups excluding carboxylic acids is 3. The van der Waals surface area contributed by atoms with Crippen molar-refractivity contribution in [3.8, 4) is 0 Å². The van der Waals surface area contributed by atoms with E-state index in [1.54, 1.807) is 12.1 Å². The number of nitrogens with zero attached hydrogens (tertiary/aromatic N) is 3.